The first-order chi connectivity index (χ1) is 6.13. The second-order valence-corrected chi connectivity index (χ2v) is 2.32. The van der Waals surface area contributed by atoms with Crippen LogP contribution in [0.2, 0.25) is 0 Å². The Labute approximate surface area is 76.0 Å². The molecule has 0 aromatic carbocycles. The van der Waals surface area contributed by atoms with Gasteiger partial charge < -0.3 is 9.47 Å². The standard InChI is InChI=1S/C8H13FO4/c1-3-13-8(11)7(9)6(10)4-5-12-2/h7H,3-5H2,1-2H3. The van der Waals surface area contributed by atoms with Crippen molar-refractivity contribution in [2.75, 3.05) is 20.3 Å². The number of halogens is 1. The molecule has 0 aliphatic rings. The molecule has 0 heterocycles. The molecule has 0 aliphatic carbocycles. The van der Waals surface area contributed by atoms with Crippen molar-refractivity contribution in [3.8, 4) is 0 Å². The highest BCUT2D eigenvalue weighted by Gasteiger charge is 2.26. The van der Waals surface area contributed by atoms with Crippen molar-refractivity contribution >= 4 is 11.8 Å². The molecule has 13 heavy (non-hydrogen) atoms. The average molecular weight is 192 g/mol. The molecule has 0 N–H and O–H groups in total. The van der Waals surface area contributed by atoms with Gasteiger partial charge >= 0.3 is 5.97 Å². The minimum Gasteiger partial charge on any atom is -0.463 e. The van der Waals surface area contributed by atoms with Gasteiger partial charge in [-0.1, -0.05) is 0 Å². The molecule has 0 amide bonds. The first-order valence-corrected chi connectivity index (χ1v) is 3.95. The number of alkyl halides is 1. The summed E-state index contributed by atoms with van der Waals surface area (Å²) in [4.78, 5) is 21.6. The third kappa shape index (κ3) is 4.57. The molecule has 0 aromatic heterocycles. The van der Waals surface area contributed by atoms with Gasteiger partial charge in [-0.15, -0.1) is 0 Å². The van der Waals surface area contributed by atoms with Crippen LogP contribution >= 0.6 is 0 Å². The molecule has 1 unspecified atom stereocenters. The van der Waals surface area contributed by atoms with E-state index in [0.29, 0.717) is 0 Å². The van der Waals surface area contributed by atoms with Crippen LogP contribution in [0.4, 0.5) is 4.39 Å². The summed E-state index contributed by atoms with van der Waals surface area (Å²) in [6, 6.07) is 0. The SMILES string of the molecule is CCOC(=O)C(F)C(=O)CCOC. The van der Waals surface area contributed by atoms with E-state index in [9.17, 15) is 14.0 Å². The zero-order chi connectivity index (χ0) is 10.3. The van der Waals surface area contributed by atoms with Crippen molar-refractivity contribution in [1.29, 1.82) is 0 Å². The highest BCUT2D eigenvalue weighted by atomic mass is 19.1. The van der Waals surface area contributed by atoms with E-state index in [1.54, 1.807) is 6.92 Å². The first kappa shape index (κ1) is 12.0. The third-order valence-electron chi connectivity index (χ3n) is 1.33. The fourth-order valence-electron chi connectivity index (χ4n) is 0.676. The van der Waals surface area contributed by atoms with E-state index in [1.807, 2.05) is 0 Å². The lowest BCUT2D eigenvalue weighted by molar-refractivity contribution is -0.152. The number of rotatable bonds is 6. The second-order valence-electron chi connectivity index (χ2n) is 2.32. The normalized spacial score (nSPS) is 12.2. The van der Waals surface area contributed by atoms with Crippen LogP contribution in [0.3, 0.4) is 0 Å². The molecule has 4 nitrogen and oxygen atoms in total. The number of esters is 1. The summed E-state index contributed by atoms with van der Waals surface area (Å²) in [5.41, 5.74) is 0. The van der Waals surface area contributed by atoms with Crippen molar-refractivity contribution in [3.05, 3.63) is 0 Å². The smallest absolute Gasteiger partial charge is 0.348 e. The molecule has 0 spiro atoms. The predicted molar refractivity (Wildman–Crippen MR) is 43.0 cm³/mol. The summed E-state index contributed by atoms with van der Waals surface area (Å²) < 4.78 is 21.7. The monoisotopic (exact) mass is 192 g/mol. The predicted octanol–water partition coefficient (Wildman–Crippen LogP) is 0.493. The van der Waals surface area contributed by atoms with Gasteiger partial charge in [-0.2, -0.15) is 0 Å². The average Bonchev–Trinajstić information content (AvgIpc) is 2.13. The van der Waals surface area contributed by atoms with E-state index in [0.717, 1.165) is 0 Å². The van der Waals surface area contributed by atoms with Gasteiger partial charge in [-0.3, -0.25) is 4.79 Å². The van der Waals surface area contributed by atoms with Crippen LogP contribution in [-0.4, -0.2) is 38.2 Å². The number of hydrogen-bond acceptors (Lipinski definition) is 4. The Morgan fingerprint density at radius 1 is 1.46 bits per heavy atom. The Hall–Kier alpha value is -0.970. The van der Waals surface area contributed by atoms with E-state index in [4.69, 9.17) is 0 Å². The number of ether oxygens (including phenoxy) is 2. The Balaban J connectivity index is 3.87. The minimum atomic E-state index is -2.17. The van der Waals surface area contributed by atoms with Crippen molar-refractivity contribution in [2.45, 2.75) is 19.5 Å². The zero-order valence-electron chi connectivity index (χ0n) is 7.71. The molecule has 0 rings (SSSR count). The van der Waals surface area contributed by atoms with E-state index < -0.39 is 17.9 Å². The molecule has 0 saturated heterocycles. The summed E-state index contributed by atoms with van der Waals surface area (Å²) in [6.07, 6.45) is -2.29. The number of ketones is 1. The van der Waals surface area contributed by atoms with Gasteiger partial charge in [0.2, 0.25) is 0 Å². The van der Waals surface area contributed by atoms with Crippen LogP contribution < -0.4 is 0 Å². The molecule has 76 valence electrons. The van der Waals surface area contributed by atoms with E-state index in [2.05, 4.69) is 9.47 Å². The molecular weight excluding hydrogens is 179 g/mol. The Morgan fingerprint density at radius 3 is 2.54 bits per heavy atom. The minimum absolute atomic E-state index is 0.0663. The highest BCUT2D eigenvalue weighted by molar-refractivity contribution is 6.01. The maximum atomic E-state index is 12.8. The zero-order valence-corrected chi connectivity index (χ0v) is 7.71. The van der Waals surface area contributed by atoms with Crippen LogP contribution in [0, 0.1) is 0 Å². The van der Waals surface area contributed by atoms with Crippen molar-refractivity contribution in [3.63, 3.8) is 0 Å². The van der Waals surface area contributed by atoms with Gasteiger partial charge in [-0.05, 0) is 6.92 Å². The maximum absolute atomic E-state index is 12.8. The van der Waals surface area contributed by atoms with Crippen LogP contribution in [-0.2, 0) is 19.1 Å². The van der Waals surface area contributed by atoms with Gasteiger partial charge in [-0.25, -0.2) is 9.18 Å². The van der Waals surface area contributed by atoms with Gasteiger partial charge in [0.05, 0.1) is 13.2 Å². The molecule has 1 atom stereocenters. The number of Topliss-reactive ketones (excluding diaryl/α,β-unsaturated/α-hetero) is 1. The van der Waals surface area contributed by atoms with Crippen LogP contribution in [0.5, 0.6) is 0 Å². The van der Waals surface area contributed by atoms with E-state index in [1.165, 1.54) is 7.11 Å². The lowest BCUT2D eigenvalue weighted by Gasteiger charge is -2.05. The van der Waals surface area contributed by atoms with E-state index >= 15 is 0 Å². The Morgan fingerprint density at radius 2 is 2.08 bits per heavy atom. The third-order valence-corrected chi connectivity index (χ3v) is 1.33. The van der Waals surface area contributed by atoms with Crippen LogP contribution in [0.25, 0.3) is 0 Å². The van der Waals surface area contributed by atoms with Crippen molar-refractivity contribution < 1.29 is 23.5 Å². The van der Waals surface area contributed by atoms with Crippen LogP contribution in [0.15, 0.2) is 0 Å². The molecule has 5 heteroatoms. The van der Waals surface area contributed by atoms with Crippen LogP contribution in [0.1, 0.15) is 13.3 Å². The van der Waals surface area contributed by atoms with Gasteiger partial charge in [0.25, 0.3) is 6.17 Å². The van der Waals surface area contributed by atoms with Crippen molar-refractivity contribution in [2.24, 2.45) is 0 Å². The largest absolute Gasteiger partial charge is 0.463 e. The fourth-order valence-corrected chi connectivity index (χ4v) is 0.676. The number of methoxy groups -OCH3 is 1. The summed E-state index contributed by atoms with van der Waals surface area (Å²) >= 11 is 0. The van der Waals surface area contributed by atoms with Crippen molar-refractivity contribution in [1.82, 2.24) is 0 Å². The molecule has 0 radical (unpaired) electrons. The summed E-state index contributed by atoms with van der Waals surface area (Å²) in [5.74, 6) is -1.93. The first-order valence-electron chi connectivity index (χ1n) is 3.95. The Bertz CT molecular complexity index is 181. The molecule has 0 fully saturated rings. The molecule has 0 aliphatic heterocycles. The highest BCUT2D eigenvalue weighted by Crippen LogP contribution is 2.00. The van der Waals surface area contributed by atoms with Gasteiger partial charge in [0, 0.05) is 13.5 Å². The van der Waals surface area contributed by atoms with Gasteiger partial charge in [0.15, 0.2) is 5.78 Å². The summed E-state index contributed by atoms with van der Waals surface area (Å²) in [5, 5.41) is 0. The lowest BCUT2D eigenvalue weighted by atomic mass is 10.2. The molecule has 0 bridgehead atoms. The Kier molecular flexibility index (Phi) is 6.05. The van der Waals surface area contributed by atoms with E-state index in [-0.39, 0.29) is 19.6 Å². The molecular formula is C8H13FO4. The topological polar surface area (TPSA) is 52.6 Å². The second kappa shape index (κ2) is 6.54. The maximum Gasteiger partial charge on any atom is 0.348 e. The summed E-state index contributed by atoms with van der Waals surface area (Å²) in [6.45, 7) is 1.72. The summed E-state index contributed by atoms with van der Waals surface area (Å²) in [7, 11) is 1.39. The fraction of sp³-hybridized carbons (Fsp3) is 0.750. The molecule has 0 aromatic rings. The lowest BCUT2D eigenvalue weighted by Crippen LogP contribution is -2.28. The number of carbonyl (C=O) groups excluding carboxylic acids is 2. The molecule has 0 saturated carbocycles. The number of carbonyl (C=O) groups is 2. The number of hydrogen-bond donors (Lipinski definition) is 0. The van der Waals surface area contributed by atoms with Gasteiger partial charge in [0.1, 0.15) is 0 Å². The quantitative estimate of drug-likeness (QED) is 0.454.